The first-order chi connectivity index (χ1) is 12.5. The average Bonchev–Trinajstić information content (AvgIpc) is 2.67. The van der Waals surface area contributed by atoms with Crippen molar-refractivity contribution in [3.63, 3.8) is 0 Å². The van der Waals surface area contributed by atoms with Crippen LogP contribution < -0.4 is 0 Å². The van der Waals surface area contributed by atoms with E-state index in [1.165, 1.54) is 7.11 Å². The monoisotopic (exact) mass is 372 g/mol. The third-order valence-corrected chi connectivity index (χ3v) is 3.01. The van der Waals surface area contributed by atoms with Crippen LogP contribution in [0.2, 0.25) is 0 Å². The second kappa shape index (κ2) is 15.4. The van der Waals surface area contributed by atoms with Crippen molar-refractivity contribution in [1.29, 1.82) is 0 Å². The van der Waals surface area contributed by atoms with E-state index < -0.39 is 11.8 Å². The summed E-state index contributed by atoms with van der Waals surface area (Å²) in [6.07, 6.45) is 0.833. The van der Waals surface area contributed by atoms with Gasteiger partial charge in [0.2, 0.25) is 5.79 Å². The normalized spacial score (nSPS) is 12.6. The Balaban J connectivity index is 0.00000110. The van der Waals surface area contributed by atoms with E-state index >= 15 is 0 Å². The van der Waals surface area contributed by atoms with E-state index in [1.54, 1.807) is 12.1 Å². The Labute approximate surface area is 153 Å². The van der Waals surface area contributed by atoms with Gasteiger partial charge >= 0.3 is 5.97 Å². The van der Waals surface area contributed by atoms with Gasteiger partial charge in [0, 0.05) is 18.7 Å². The average molecular weight is 372 g/mol. The Morgan fingerprint density at radius 2 is 1.58 bits per heavy atom. The first-order valence-electron chi connectivity index (χ1n) is 8.02. The first-order valence-corrected chi connectivity index (χ1v) is 8.02. The van der Waals surface area contributed by atoms with Crippen molar-refractivity contribution in [2.75, 3.05) is 53.4 Å². The molecule has 0 spiro atoms. The molecule has 0 aromatic heterocycles. The molecule has 0 bridgehead atoms. The lowest BCUT2D eigenvalue weighted by molar-refractivity contribution is -0.227. The van der Waals surface area contributed by atoms with E-state index in [0.29, 0.717) is 38.6 Å². The third-order valence-electron chi connectivity index (χ3n) is 3.01. The highest BCUT2D eigenvalue weighted by Gasteiger charge is 2.29. The highest BCUT2D eigenvalue weighted by Crippen LogP contribution is 2.21. The highest BCUT2D eigenvalue weighted by atomic mass is 16.6. The van der Waals surface area contributed by atoms with Crippen molar-refractivity contribution < 1.29 is 39.1 Å². The Bertz CT molecular complexity index is 479. The maximum Gasteiger partial charge on any atom is 0.327 e. The summed E-state index contributed by atoms with van der Waals surface area (Å²) in [6.45, 7) is 4.94. The number of rotatable bonds is 13. The zero-order valence-electron chi connectivity index (χ0n) is 15.0. The number of carboxylic acid groups (broad SMARTS) is 1. The van der Waals surface area contributed by atoms with Crippen molar-refractivity contribution in [2.24, 2.45) is 0 Å². The lowest BCUT2D eigenvalue weighted by atomic mass is 10.1. The highest BCUT2D eigenvalue weighted by molar-refractivity contribution is 5.78. The Morgan fingerprint density at radius 3 is 2.04 bits per heavy atom. The predicted molar refractivity (Wildman–Crippen MR) is 94.7 cm³/mol. The summed E-state index contributed by atoms with van der Waals surface area (Å²) < 4.78 is 20.9. The van der Waals surface area contributed by atoms with E-state index in [4.69, 9.17) is 29.2 Å². The minimum Gasteiger partial charge on any atom is -0.478 e. The Kier molecular flexibility index (Phi) is 14.4. The summed E-state index contributed by atoms with van der Waals surface area (Å²) in [4.78, 5) is 9.25. The molecule has 0 fully saturated rings. The Morgan fingerprint density at radius 1 is 1.08 bits per heavy atom. The minimum atomic E-state index is -1.45. The molecule has 1 aromatic carbocycles. The third kappa shape index (κ3) is 11.7. The lowest BCUT2D eigenvalue weighted by Gasteiger charge is -2.26. The van der Waals surface area contributed by atoms with Gasteiger partial charge in [0.1, 0.15) is 6.61 Å². The van der Waals surface area contributed by atoms with Gasteiger partial charge in [-0.1, -0.05) is 36.9 Å². The van der Waals surface area contributed by atoms with E-state index in [-0.39, 0.29) is 13.2 Å². The van der Waals surface area contributed by atoms with Gasteiger partial charge < -0.3 is 34.3 Å². The number of aliphatic hydroxyl groups is 2. The molecule has 1 unspecified atom stereocenters. The summed E-state index contributed by atoms with van der Waals surface area (Å²) in [5.74, 6) is -2.43. The number of methoxy groups -OCH3 is 1. The summed E-state index contributed by atoms with van der Waals surface area (Å²) in [7, 11) is 1.44. The van der Waals surface area contributed by atoms with E-state index in [9.17, 15) is 9.90 Å². The van der Waals surface area contributed by atoms with Crippen molar-refractivity contribution >= 4 is 5.97 Å². The van der Waals surface area contributed by atoms with Gasteiger partial charge in [-0.15, -0.1) is 0 Å². The van der Waals surface area contributed by atoms with Crippen LogP contribution in [-0.2, 0) is 29.5 Å². The van der Waals surface area contributed by atoms with Crippen LogP contribution in [0.4, 0.5) is 0 Å². The summed E-state index contributed by atoms with van der Waals surface area (Å²) in [6, 6.07) is 9.08. The minimum absolute atomic E-state index is 0.0121. The molecule has 8 heteroatoms. The zero-order chi connectivity index (χ0) is 19.7. The number of aliphatic hydroxyl groups excluding tert-OH is 1. The lowest BCUT2D eigenvalue weighted by Crippen LogP contribution is -2.34. The molecule has 148 valence electrons. The smallest absolute Gasteiger partial charge is 0.327 e. The molecule has 0 radical (unpaired) electrons. The number of hydrogen-bond acceptors (Lipinski definition) is 7. The van der Waals surface area contributed by atoms with Crippen LogP contribution in [0.15, 0.2) is 43.0 Å². The van der Waals surface area contributed by atoms with Gasteiger partial charge in [-0.05, 0) is 0 Å². The molecule has 3 N–H and O–H groups in total. The molecular formula is C18H28O8. The Hall–Kier alpha value is -1.81. The maximum atomic E-state index is 10.4. The van der Waals surface area contributed by atoms with Gasteiger partial charge in [-0.3, -0.25) is 0 Å². The summed E-state index contributed by atoms with van der Waals surface area (Å²) in [5, 5.41) is 26.5. The molecule has 8 nitrogen and oxygen atoms in total. The number of hydrogen-bond donors (Lipinski definition) is 3. The molecule has 1 rings (SSSR count). The van der Waals surface area contributed by atoms with Gasteiger partial charge in [-0.2, -0.15) is 0 Å². The van der Waals surface area contributed by atoms with E-state index in [1.807, 2.05) is 18.2 Å². The zero-order valence-corrected chi connectivity index (χ0v) is 15.0. The molecule has 0 saturated heterocycles. The van der Waals surface area contributed by atoms with Crippen LogP contribution in [0.3, 0.4) is 0 Å². The summed E-state index contributed by atoms with van der Waals surface area (Å²) >= 11 is 0. The van der Waals surface area contributed by atoms with Crippen LogP contribution >= 0.6 is 0 Å². The number of aliphatic carboxylic acids is 1. The molecule has 1 aromatic rings. The van der Waals surface area contributed by atoms with Crippen LogP contribution in [0, 0.1) is 0 Å². The van der Waals surface area contributed by atoms with Gasteiger partial charge in [0.15, 0.2) is 0 Å². The molecule has 0 heterocycles. The van der Waals surface area contributed by atoms with E-state index in [0.717, 1.165) is 6.08 Å². The van der Waals surface area contributed by atoms with Crippen LogP contribution in [-0.4, -0.2) is 74.6 Å². The topological polar surface area (TPSA) is 115 Å². The molecule has 0 saturated carbocycles. The molecule has 0 amide bonds. The van der Waals surface area contributed by atoms with Crippen molar-refractivity contribution in [1.82, 2.24) is 0 Å². The van der Waals surface area contributed by atoms with Crippen molar-refractivity contribution in [3.8, 4) is 0 Å². The second-order valence-electron chi connectivity index (χ2n) is 4.90. The molecule has 0 aliphatic heterocycles. The number of carbonyl (C=O) groups is 1. The molecule has 0 aliphatic rings. The molecular weight excluding hydrogens is 344 g/mol. The first kappa shape index (κ1) is 24.2. The molecule has 0 aliphatic carbocycles. The van der Waals surface area contributed by atoms with E-state index in [2.05, 4.69) is 6.58 Å². The van der Waals surface area contributed by atoms with Gasteiger partial charge in [-0.25, -0.2) is 4.79 Å². The quantitative estimate of drug-likeness (QED) is 0.264. The van der Waals surface area contributed by atoms with Crippen molar-refractivity contribution in [3.05, 3.63) is 48.6 Å². The summed E-state index contributed by atoms with van der Waals surface area (Å²) in [5.41, 5.74) is 0.644. The van der Waals surface area contributed by atoms with Crippen molar-refractivity contribution in [2.45, 2.75) is 5.79 Å². The predicted octanol–water partition coefficient (Wildman–Crippen LogP) is 0.777. The van der Waals surface area contributed by atoms with Crippen LogP contribution in [0.5, 0.6) is 0 Å². The standard InChI is InChI=1S/C15H24O6.C3H4O2/c1-18-15(17,14-5-3-2-4-6-14)13-21-12-11-20-10-9-19-8-7-16;1-2-3(4)5/h2-6,16-17H,7-13H2,1H3;2H,1H2,(H,4,5). The van der Waals surface area contributed by atoms with Crippen LogP contribution in [0.1, 0.15) is 5.56 Å². The number of ether oxygens (including phenoxy) is 4. The van der Waals surface area contributed by atoms with Gasteiger partial charge in [0.05, 0.1) is 39.6 Å². The van der Waals surface area contributed by atoms with Crippen LogP contribution in [0.25, 0.3) is 0 Å². The number of carboxylic acids is 1. The fourth-order valence-electron chi connectivity index (χ4n) is 1.67. The maximum absolute atomic E-state index is 10.4. The SMILES string of the molecule is C=CC(=O)O.COC(O)(COCCOCCOCCO)c1ccccc1. The fourth-order valence-corrected chi connectivity index (χ4v) is 1.67. The molecule has 1 atom stereocenters. The van der Waals surface area contributed by atoms with Gasteiger partial charge in [0.25, 0.3) is 0 Å². The molecule has 26 heavy (non-hydrogen) atoms. The fraction of sp³-hybridized carbons (Fsp3) is 0.500. The largest absolute Gasteiger partial charge is 0.478 e. The second-order valence-corrected chi connectivity index (χ2v) is 4.90. The number of benzene rings is 1.